The van der Waals surface area contributed by atoms with Gasteiger partial charge in [0, 0.05) is 22.3 Å². The molecule has 54 heavy (non-hydrogen) atoms. The molecule has 0 amide bonds. The fourth-order valence-electron chi connectivity index (χ4n) is 12.0. The zero-order valence-corrected chi connectivity index (χ0v) is 36.3. The lowest BCUT2D eigenvalue weighted by molar-refractivity contribution is 0.147. The Kier molecular flexibility index (Phi) is 8.43. The zero-order valence-electron chi connectivity index (χ0n) is 34.3. The van der Waals surface area contributed by atoms with Crippen LogP contribution in [0.25, 0.3) is 53.9 Å². The highest BCUT2D eigenvalue weighted by molar-refractivity contribution is 6.91. The standard InChI is InChI=1S/C50H56O2Si2/c1-29(2)53(30(3)4,31(5)6)27-25-49(51)39-21-13-17-35-37-19-15-23-41-45(37)48-46-38(36-18-14-22-40(49)44(36)47(48)43(35)39)20-16-24-42(46)50(41,52)26-28-54(32(7)8,33(9)10)34(11)12/h13-24,29-34,51-52H,1-12H3. The van der Waals surface area contributed by atoms with Crippen molar-refractivity contribution in [1.29, 1.82) is 0 Å². The molecule has 0 unspecified atom stereocenters. The molecule has 2 aliphatic carbocycles. The average molecular weight is 745 g/mol. The lowest BCUT2D eigenvalue weighted by atomic mass is 9.69. The third kappa shape index (κ3) is 4.49. The molecule has 0 aliphatic heterocycles. The highest BCUT2D eigenvalue weighted by atomic mass is 28.3. The normalized spacial score (nSPS) is 15.9. The lowest BCUT2D eigenvalue weighted by Gasteiger charge is -2.40. The molecule has 0 aromatic heterocycles. The van der Waals surface area contributed by atoms with Crippen molar-refractivity contribution in [1.82, 2.24) is 0 Å². The summed E-state index contributed by atoms with van der Waals surface area (Å²) in [6.45, 7) is 28.0. The summed E-state index contributed by atoms with van der Waals surface area (Å²) in [5.74, 6) is 7.38. The molecular weight excluding hydrogens is 689 g/mol. The summed E-state index contributed by atoms with van der Waals surface area (Å²) >= 11 is 0. The minimum Gasteiger partial charge on any atom is -0.369 e. The molecule has 2 nitrogen and oxygen atoms in total. The summed E-state index contributed by atoms with van der Waals surface area (Å²) in [5.41, 5.74) is 11.0. The molecule has 6 aromatic rings. The summed E-state index contributed by atoms with van der Waals surface area (Å²) in [7, 11) is -4.37. The van der Waals surface area contributed by atoms with E-state index in [2.05, 4.69) is 179 Å². The van der Waals surface area contributed by atoms with Gasteiger partial charge >= 0.3 is 0 Å². The molecule has 8 rings (SSSR count). The van der Waals surface area contributed by atoms with Crippen molar-refractivity contribution in [3.63, 3.8) is 0 Å². The summed E-state index contributed by atoms with van der Waals surface area (Å²) in [5, 5.41) is 37.7. The summed E-state index contributed by atoms with van der Waals surface area (Å²) in [6.07, 6.45) is 0. The lowest BCUT2D eigenvalue weighted by Crippen LogP contribution is -2.44. The van der Waals surface area contributed by atoms with Crippen LogP contribution < -0.4 is 0 Å². The van der Waals surface area contributed by atoms with Crippen molar-refractivity contribution in [2.75, 3.05) is 0 Å². The van der Waals surface area contributed by atoms with Crippen molar-refractivity contribution in [3.05, 3.63) is 95.1 Å². The Morgan fingerprint density at radius 3 is 0.796 bits per heavy atom. The van der Waals surface area contributed by atoms with E-state index in [1.54, 1.807) is 0 Å². The van der Waals surface area contributed by atoms with Crippen molar-refractivity contribution in [2.24, 2.45) is 0 Å². The minimum absolute atomic E-state index is 0.443. The average Bonchev–Trinajstić information content (AvgIpc) is 3.12. The first-order chi connectivity index (χ1) is 25.5. The fraction of sp³-hybridized carbons (Fsp3) is 0.400. The predicted octanol–water partition coefficient (Wildman–Crippen LogP) is 13.0. The summed E-state index contributed by atoms with van der Waals surface area (Å²) < 4.78 is 0. The first-order valence-electron chi connectivity index (χ1n) is 20.3. The molecule has 6 aromatic carbocycles. The van der Waals surface area contributed by atoms with E-state index in [0.29, 0.717) is 33.2 Å². The van der Waals surface area contributed by atoms with Gasteiger partial charge in [0.05, 0.1) is 0 Å². The van der Waals surface area contributed by atoms with Crippen molar-refractivity contribution in [2.45, 2.75) is 128 Å². The second-order valence-electron chi connectivity index (χ2n) is 18.4. The van der Waals surface area contributed by atoms with E-state index in [0.717, 1.165) is 76.1 Å². The van der Waals surface area contributed by atoms with E-state index in [-0.39, 0.29) is 0 Å². The summed E-state index contributed by atoms with van der Waals surface area (Å²) in [4.78, 5) is 0. The zero-order chi connectivity index (χ0) is 38.9. The molecule has 0 saturated heterocycles. The third-order valence-electron chi connectivity index (χ3n) is 14.3. The molecule has 0 radical (unpaired) electrons. The van der Waals surface area contributed by atoms with Crippen LogP contribution in [0.4, 0.5) is 0 Å². The quantitative estimate of drug-likeness (QED) is 0.101. The van der Waals surface area contributed by atoms with E-state index in [9.17, 15) is 10.2 Å². The molecule has 0 heterocycles. The van der Waals surface area contributed by atoms with E-state index < -0.39 is 27.3 Å². The van der Waals surface area contributed by atoms with Gasteiger partial charge in [0.25, 0.3) is 0 Å². The second kappa shape index (κ2) is 12.3. The van der Waals surface area contributed by atoms with E-state index in [1.807, 2.05) is 0 Å². The Hall–Kier alpha value is -3.91. The fourth-order valence-corrected chi connectivity index (χ4v) is 22.5. The topological polar surface area (TPSA) is 40.5 Å². The van der Waals surface area contributed by atoms with Gasteiger partial charge in [-0.3, -0.25) is 0 Å². The van der Waals surface area contributed by atoms with Gasteiger partial charge < -0.3 is 10.2 Å². The van der Waals surface area contributed by atoms with Crippen molar-refractivity contribution >= 4 is 70.0 Å². The molecular formula is C50H56O2Si2. The number of hydrogen-bond acceptors (Lipinski definition) is 2. The first kappa shape index (κ1) is 37.0. The molecule has 0 atom stereocenters. The van der Waals surface area contributed by atoms with Crippen molar-refractivity contribution in [3.8, 4) is 22.9 Å². The molecule has 0 bridgehead atoms. The highest BCUT2D eigenvalue weighted by Crippen LogP contribution is 2.57. The Balaban J connectivity index is 1.57. The predicted molar refractivity (Wildman–Crippen MR) is 238 cm³/mol. The second-order valence-corrected chi connectivity index (χ2v) is 29.5. The smallest absolute Gasteiger partial charge is 0.177 e. The molecule has 0 fully saturated rings. The number of rotatable bonds is 6. The third-order valence-corrected chi connectivity index (χ3v) is 26.9. The maximum absolute atomic E-state index is 13.4. The maximum Gasteiger partial charge on any atom is 0.177 e. The van der Waals surface area contributed by atoms with Crippen LogP contribution in [0.5, 0.6) is 0 Å². The molecule has 276 valence electrons. The van der Waals surface area contributed by atoms with Crippen LogP contribution in [0.3, 0.4) is 0 Å². The largest absolute Gasteiger partial charge is 0.369 e. The highest BCUT2D eigenvalue weighted by Gasteiger charge is 2.47. The number of benzene rings is 6. The van der Waals surface area contributed by atoms with Crippen LogP contribution in [0.2, 0.25) is 33.2 Å². The Morgan fingerprint density at radius 2 is 0.593 bits per heavy atom. The van der Waals surface area contributed by atoms with Gasteiger partial charge in [-0.2, -0.15) is 0 Å². The van der Waals surface area contributed by atoms with Crippen LogP contribution >= 0.6 is 0 Å². The molecule has 0 saturated carbocycles. The summed E-state index contributed by atoms with van der Waals surface area (Å²) in [6, 6.07) is 25.6. The Bertz CT molecular complexity index is 2330. The number of aliphatic hydroxyl groups is 2. The molecule has 2 aliphatic rings. The van der Waals surface area contributed by atoms with Crippen LogP contribution in [0, 0.1) is 22.9 Å². The van der Waals surface area contributed by atoms with Gasteiger partial charge in [0.15, 0.2) is 11.2 Å². The van der Waals surface area contributed by atoms with Crippen LogP contribution in [0.15, 0.2) is 72.8 Å². The Labute approximate surface area is 324 Å². The van der Waals surface area contributed by atoms with Gasteiger partial charge in [-0.15, -0.1) is 11.1 Å². The monoisotopic (exact) mass is 744 g/mol. The first-order valence-corrected chi connectivity index (χ1v) is 24.8. The van der Waals surface area contributed by atoms with Gasteiger partial charge in [-0.1, -0.05) is 168 Å². The van der Waals surface area contributed by atoms with Crippen LogP contribution in [-0.4, -0.2) is 26.4 Å². The van der Waals surface area contributed by atoms with Gasteiger partial charge in [-0.05, 0) is 87.1 Å². The van der Waals surface area contributed by atoms with Crippen LogP contribution in [0.1, 0.15) is 105 Å². The van der Waals surface area contributed by atoms with Crippen molar-refractivity contribution < 1.29 is 10.2 Å². The molecule has 4 heteroatoms. The van der Waals surface area contributed by atoms with E-state index >= 15 is 0 Å². The molecule has 0 spiro atoms. The van der Waals surface area contributed by atoms with E-state index in [1.165, 1.54) is 0 Å². The Morgan fingerprint density at radius 1 is 0.370 bits per heavy atom. The van der Waals surface area contributed by atoms with Gasteiger partial charge in [-0.25, -0.2) is 0 Å². The number of fused-ring (bicyclic) bond motifs is 2. The molecule has 2 N–H and O–H groups in total. The minimum atomic E-state index is -2.18. The van der Waals surface area contributed by atoms with E-state index in [4.69, 9.17) is 0 Å². The SMILES string of the molecule is CC(C)[Si](C#CC1(O)c2cccc3c4cccc5c4c4c6c(cccc6c6cccc1c6c4c23)C5(O)C#C[Si](C(C)C)(C(C)C)C(C)C)(C(C)C)C(C)C. The van der Waals surface area contributed by atoms with Gasteiger partial charge in [0.2, 0.25) is 0 Å². The maximum atomic E-state index is 13.4. The van der Waals surface area contributed by atoms with Crippen LogP contribution in [-0.2, 0) is 11.2 Å². The number of hydrogen-bond donors (Lipinski definition) is 2. The van der Waals surface area contributed by atoms with Gasteiger partial charge in [0.1, 0.15) is 16.1 Å².